The van der Waals surface area contributed by atoms with Gasteiger partial charge in [0, 0.05) is 31.3 Å². The zero-order valence-corrected chi connectivity index (χ0v) is 10.1. The number of hydrogen-bond donors (Lipinski definition) is 0. The number of aromatic nitrogens is 1. The molecule has 17 heavy (non-hydrogen) atoms. The minimum atomic E-state index is 0.325. The molecule has 0 bridgehead atoms. The molecule has 2 rings (SSSR count). The molecule has 1 unspecified atom stereocenters. The van der Waals surface area contributed by atoms with E-state index in [-0.39, 0.29) is 0 Å². The normalized spacial score (nSPS) is 19.4. The number of hydrogen-bond acceptors (Lipinski definition) is 3. The molecular formula is C14H19NO2. The van der Waals surface area contributed by atoms with E-state index in [1.807, 2.05) is 18.2 Å². The Morgan fingerprint density at radius 3 is 3.06 bits per heavy atom. The van der Waals surface area contributed by atoms with Crippen molar-refractivity contribution in [1.82, 2.24) is 4.98 Å². The van der Waals surface area contributed by atoms with Crippen LogP contribution in [0, 0.1) is 0 Å². The maximum Gasteiger partial charge on any atom is 0.133 e. The van der Waals surface area contributed by atoms with Crippen molar-refractivity contribution in [3.63, 3.8) is 0 Å². The Labute approximate surface area is 102 Å². The van der Waals surface area contributed by atoms with Gasteiger partial charge in [0.05, 0.1) is 6.10 Å². The minimum absolute atomic E-state index is 0.325. The molecule has 3 heteroatoms. The third-order valence-corrected chi connectivity index (χ3v) is 3.16. The van der Waals surface area contributed by atoms with E-state index in [4.69, 9.17) is 4.74 Å². The summed E-state index contributed by atoms with van der Waals surface area (Å²) in [6.07, 6.45) is 7.26. The molecule has 92 valence electrons. The first-order chi connectivity index (χ1) is 8.34. The second-order valence-electron chi connectivity index (χ2n) is 4.53. The summed E-state index contributed by atoms with van der Waals surface area (Å²) >= 11 is 0. The van der Waals surface area contributed by atoms with E-state index >= 15 is 0 Å². The Balaban J connectivity index is 1.64. The quantitative estimate of drug-likeness (QED) is 0.758. The smallest absolute Gasteiger partial charge is 0.133 e. The van der Waals surface area contributed by atoms with Crippen LogP contribution in [0.4, 0.5) is 0 Å². The molecule has 2 heterocycles. The summed E-state index contributed by atoms with van der Waals surface area (Å²) in [4.78, 5) is 15.9. The summed E-state index contributed by atoms with van der Waals surface area (Å²) in [6, 6.07) is 5.81. The summed E-state index contributed by atoms with van der Waals surface area (Å²) in [5, 5.41) is 0. The average molecular weight is 233 g/mol. The van der Waals surface area contributed by atoms with E-state index in [1.165, 1.54) is 0 Å². The predicted octanol–water partition coefficient (Wildman–Crippen LogP) is 2.54. The van der Waals surface area contributed by atoms with Crippen molar-refractivity contribution >= 4 is 5.78 Å². The zero-order valence-electron chi connectivity index (χ0n) is 10.1. The van der Waals surface area contributed by atoms with Crippen molar-refractivity contribution < 1.29 is 9.53 Å². The van der Waals surface area contributed by atoms with Gasteiger partial charge in [0.15, 0.2) is 0 Å². The first kappa shape index (κ1) is 12.2. The summed E-state index contributed by atoms with van der Waals surface area (Å²) in [5.74, 6) is 0.325. The monoisotopic (exact) mass is 233 g/mol. The van der Waals surface area contributed by atoms with Crippen LogP contribution in [0.25, 0.3) is 0 Å². The Morgan fingerprint density at radius 2 is 2.35 bits per heavy atom. The number of ketones is 1. The van der Waals surface area contributed by atoms with Gasteiger partial charge >= 0.3 is 0 Å². The van der Waals surface area contributed by atoms with E-state index in [0.717, 1.165) is 38.0 Å². The van der Waals surface area contributed by atoms with Gasteiger partial charge in [-0.15, -0.1) is 0 Å². The van der Waals surface area contributed by atoms with Crippen LogP contribution < -0.4 is 0 Å². The number of Topliss-reactive ketones (excluding diaryl/α,β-unsaturated/α-hetero) is 1. The van der Waals surface area contributed by atoms with E-state index in [9.17, 15) is 4.79 Å². The van der Waals surface area contributed by atoms with Crippen LogP contribution in [0.2, 0.25) is 0 Å². The van der Waals surface area contributed by atoms with Crippen molar-refractivity contribution in [3.05, 3.63) is 30.1 Å². The predicted molar refractivity (Wildman–Crippen MR) is 65.8 cm³/mol. The number of carbonyl (C=O) groups is 1. The topological polar surface area (TPSA) is 39.2 Å². The Morgan fingerprint density at radius 1 is 1.41 bits per heavy atom. The fraction of sp³-hybridized carbons (Fsp3) is 0.571. The lowest BCUT2D eigenvalue weighted by atomic mass is 10.0. The number of carbonyl (C=O) groups excluding carboxylic acids is 1. The summed E-state index contributed by atoms with van der Waals surface area (Å²) in [5.41, 5.74) is 0.998. The highest BCUT2D eigenvalue weighted by Crippen LogP contribution is 2.17. The summed E-state index contributed by atoms with van der Waals surface area (Å²) in [7, 11) is 0. The van der Waals surface area contributed by atoms with Crippen LogP contribution in [0.3, 0.4) is 0 Å². The second-order valence-corrected chi connectivity index (χ2v) is 4.53. The molecule has 1 aliphatic rings. The van der Waals surface area contributed by atoms with Crippen molar-refractivity contribution in [3.8, 4) is 0 Å². The Hall–Kier alpha value is -1.22. The number of ether oxygens (including phenoxy) is 1. The molecule has 0 aliphatic carbocycles. The van der Waals surface area contributed by atoms with Gasteiger partial charge in [0.2, 0.25) is 0 Å². The highest BCUT2D eigenvalue weighted by molar-refractivity contribution is 5.78. The van der Waals surface area contributed by atoms with Crippen LogP contribution in [-0.4, -0.2) is 23.5 Å². The number of pyridine rings is 1. The molecule has 1 aliphatic heterocycles. The standard InChI is InChI=1S/C14H19NO2/c16-13(8-9-14-5-3-11-17-14)7-6-12-4-1-2-10-15-12/h1-2,4,10,14H,3,5-9,11H2. The largest absolute Gasteiger partial charge is 0.378 e. The first-order valence-electron chi connectivity index (χ1n) is 6.38. The fourth-order valence-electron chi connectivity index (χ4n) is 2.13. The molecule has 0 N–H and O–H groups in total. The Kier molecular flexibility index (Phi) is 4.68. The third-order valence-electron chi connectivity index (χ3n) is 3.16. The van der Waals surface area contributed by atoms with Gasteiger partial charge in [0.1, 0.15) is 5.78 Å². The fourth-order valence-corrected chi connectivity index (χ4v) is 2.13. The molecule has 1 fully saturated rings. The molecule has 3 nitrogen and oxygen atoms in total. The maximum absolute atomic E-state index is 11.7. The minimum Gasteiger partial charge on any atom is -0.378 e. The SMILES string of the molecule is O=C(CCc1ccccn1)CCC1CCCO1. The van der Waals surface area contributed by atoms with Gasteiger partial charge in [-0.25, -0.2) is 0 Å². The van der Waals surface area contributed by atoms with E-state index in [1.54, 1.807) is 6.20 Å². The van der Waals surface area contributed by atoms with Gasteiger partial charge in [0.25, 0.3) is 0 Å². The molecule has 0 spiro atoms. The van der Waals surface area contributed by atoms with Gasteiger partial charge in [-0.2, -0.15) is 0 Å². The van der Waals surface area contributed by atoms with Crippen molar-refractivity contribution in [2.45, 2.75) is 44.6 Å². The average Bonchev–Trinajstić information content (AvgIpc) is 2.88. The highest BCUT2D eigenvalue weighted by Gasteiger charge is 2.16. The molecule has 0 amide bonds. The molecule has 0 aromatic carbocycles. The molecule has 1 aromatic heterocycles. The summed E-state index contributed by atoms with van der Waals surface area (Å²) in [6.45, 7) is 0.868. The van der Waals surface area contributed by atoms with E-state index in [0.29, 0.717) is 24.7 Å². The van der Waals surface area contributed by atoms with Crippen molar-refractivity contribution in [1.29, 1.82) is 0 Å². The second kappa shape index (κ2) is 6.50. The van der Waals surface area contributed by atoms with Crippen LogP contribution >= 0.6 is 0 Å². The lowest BCUT2D eigenvalue weighted by Crippen LogP contribution is -2.09. The van der Waals surface area contributed by atoms with E-state index < -0.39 is 0 Å². The molecule has 0 radical (unpaired) electrons. The zero-order chi connectivity index (χ0) is 11.9. The molecule has 1 saturated heterocycles. The lowest BCUT2D eigenvalue weighted by Gasteiger charge is -2.07. The van der Waals surface area contributed by atoms with E-state index in [2.05, 4.69) is 4.98 Å². The summed E-state index contributed by atoms with van der Waals surface area (Å²) < 4.78 is 5.50. The molecular weight excluding hydrogens is 214 g/mol. The highest BCUT2D eigenvalue weighted by atomic mass is 16.5. The molecule has 1 atom stereocenters. The number of rotatable bonds is 6. The molecule has 1 aromatic rings. The van der Waals surface area contributed by atoms with Gasteiger partial charge in [-0.1, -0.05) is 6.07 Å². The lowest BCUT2D eigenvalue weighted by molar-refractivity contribution is -0.119. The van der Waals surface area contributed by atoms with Gasteiger partial charge in [-0.05, 0) is 37.8 Å². The number of aryl methyl sites for hydroxylation is 1. The Bertz CT molecular complexity index is 344. The first-order valence-corrected chi connectivity index (χ1v) is 6.38. The maximum atomic E-state index is 11.7. The van der Waals surface area contributed by atoms with Crippen molar-refractivity contribution in [2.75, 3.05) is 6.61 Å². The van der Waals surface area contributed by atoms with Crippen LogP contribution in [0.1, 0.15) is 37.8 Å². The van der Waals surface area contributed by atoms with Crippen molar-refractivity contribution in [2.24, 2.45) is 0 Å². The third kappa shape index (κ3) is 4.27. The number of nitrogens with zero attached hydrogens (tertiary/aromatic N) is 1. The van der Waals surface area contributed by atoms with Crippen LogP contribution in [0.15, 0.2) is 24.4 Å². The van der Waals surface area contributed by atoms with Crippen LogP contribution in [0.5, 0.6) is 0 Å². The van der Waals surface area contributed by atoms with Gasteiger partial charge in [-0.3, -0.25) is 9.78 Å². The van der Waals surface area contributed by atoms with Gasteiger partial charge < -0.3 is 4.74 Å². The molecule has 0 saturated carbocycles. The van der Waals surface area contributed by atoms with Crippen LogP contribution in [-0.2, 0) is 16.0 Å².